The topological polar surface area (TPSA) is 52.7 Å². The zero-order valence-corrected chi connectivity index (χ0v) is 17.6. The molecule has 5 nitrogen and oxygen atoms in total. The van der Waals surface area contributed by atoms with E-state index < -0.39 is 0 Å². The zero-order valence-electron chi connectivity index (χ0n) is 16.8. The van der Waals surface area contributed by atoms with Gasteiger partial charge in [0.2, 0.25) is 5.91 Å². The van der Waals surface area contributed by atoms with Crippen molar-refractivity contribution >= 4 is 23.2 Å². The molecule has 0 aliphatic carbocycles. The van der Waals surface area contributed by atoms with Crippen molar-refractivity contribution in [3.63, 3.8) is 0 Å². The average Bonchev–Trinajstić information content (AvgIpc) is 3.47. The van der Waals surface area contributed by atoms with Crippen LogP contribution in [-0.2, 0) is 17.9 Å². The average molecular weight is 412 g/mol. The van der Waals surface area contributed by atoms with Crippen LogP contribution in [0.4, 0.5) is 0 Å². The minimum absolute atomic E-state index is 0.00294. The standard InChI is InChI=1S/C23H29N3O2S/c27-22(20-9-13-26(14-10-20)23(28)21-4-3-15-29-21)24-16-18-5-7-19(8-6-18)17-25-11-1-2-12-25/h3-8,15,20H,1-2,9-14,16-17H2,(H,24,27). The van der Waals surface area contributed by atoms with Crippen molar-refractivity contribution in [1.29, 1.82) is 0 Å². The van der Waals surface area contributed by atoms with Crippen molar-refractivity contribution in [1.82, 2.24) is 15.1 Å². The Balaban J connectivity index is 1.20. The summed E-state index contributed by atoms with van der Waals surface area (Å²) in [5.41, 5.74) is 2.47. The number of nitrogens with one attached hydrogen (secondary N) is 1. The maximum Gasteiger partial charge on any atom is 0.263 e. The van der Waals surface area contributed by atoms with E-state index >= 15 is 0 Å². The van der Waals surface area contributed by atoms with Gasteiger partial charge in [-0.3, -0.25) is 14.5 Å². The minimum atomic E-state index is -0.00294. The maximum atomic E-state index is 12.6. The van der Waals surface area contributed by atoms with Gasteiger partial charge in [-0.2, -0.15) is 0 Å². The molecule has 0 unspecified atom stereocenters. The molecule has 29 heavy (non-hydrogen) atoms. The predicted molar refractivity (Wildman–Crippen MR) is 116 cm³/mol. The van der Waals surface area contributed by atoms with Crippen LogP contribution in [0.1, 0.15) is 46.5 Å². The molecule has 4 rings (SSSR count). The van der Waals surface area contributed by atoms with Crippen LogP contribution in [0.3, 0.4) is 0 Å². The number of benzene rings is 1. The highest BCUT2D eigenvalue weighted by molar-refractivity contribution is 7.12. The van der Waals surface area contributed by atoms with E-state index in [1.54, 1.807) is 0 Å². The Kier molecular flexibility index (Phi) is 6.62. The van der Waals surface area contributed by atoms with Gasteiger partial charge in [-0.15, -0.1) is 11.3 Å². The van der Waals surface area contributed by atoms with Crippen molar-refractivity contribution in [2.24, 2.45) is 5.92 Å². The molecule has 0 spiro atoms. The van der Waals surface area contributed by atoms with Crippen LogP contribution in [0.25, 0.3) is 0 Å². The van der Waals surface area contributed by atoms with E-state index in [-0.39, 0.29) is 17.7 Å². The third kappa shape index (κ3) is 5.25. The van der Waals surface area contributed by atoms with Crippen LogP contribution in [0, 0.1) is 5.92 Å². The van der Waals surface area contributed by atoms with Gasteiger partial charge in [0.05, 0.1) is 4.88 Å². The molecular weight excluding hydrogens is 382 g/mol. The van der Waals surface area contributed by atoms with Crippen molar-refractivity contribution in [3.8, 4) is 0 Å². The SMILES string of the molecule is O=C(NCc1ccc(CN2CCCC2)cc1)C1CCN(C(=O)c2cccs2)CC1. The molecule has 1 N–H and O–H groups in total. The molecule has 1 aromatic heterocycles. The normalized spacial score (nSPS) is 18.1. The summed E-state index contributed by atoms with van der Waals surface area (Å²) in [5.74, 6) is 0.194. The van der Waals surface area contributed by atoms with Gasteiger partial charge in [-0.25, -0.2) is 0 Å². The first-order chi connectivity index (χ1) is 14.2. The number of hydrogen-bond donors (Lipinski definition) is 1. The van der Waals surface area contributed by atoms with Gasteiger partial charge in [-0.1, -0.05) is 30.3 Å². The lowest BCUT2D eigenvalue weighted by Crippen LogP contribution is -2.42. The van der Waals surface area contributed by atoms with Gasteiger partial charge < -0.3 is 10.2 Å². The van der Waals surface area contributed by atoms with E-state index in [2.05, 4.69) is 34.5 Å². The molecule has 3 heterocycles. The number of likely N-dealkylation sites (tertiary alicyclic amines) is 2. The van der Waals surface area contributed by atoms with E-state index in [4.69, 9.17) is 0 Å². The fraction of sp³-hybridized carbons (Fsp3) is 0.478. The molecule has 2 aliphatic heterocycles. The predicted octanol–water partition coefficient (Wildman–Crippen LogP) is 3.51. The number of amides is 2. The maximum absolute atomic E-state index is 12.6. The number of carbonyl (C=O) groups is 2. The lowest BCUT2D eigenvalue weighted by molar-refractivity contribution is -0.126. The minimum Gasteiger partial charge on any atom is -0.352 e. The highest BCUT2D eigenvalue weighted by Crippen LogP contribution is 2.21. The monoisotopic (exact) mass is 411 g/mol. The van der Waals surface area contributed by atoms with Gasteiger partial charge >= 0.3 is 0 Å². The van der Waals surface area contributed by atoms with E-state index in [0.717, 1.165) is 29.8 Å². The zero-order chi connectivity index (χ0) is 20.1. The second kappa shape index (κ2) is 9.55. The Morgan fingerprint density at radius 2 is 1.66 bits per heavy atom. The third-order valence-electron chi connectivity index (χ3n) is 5.98. The van der Waals surface area contributed by atoms with Crippen LogP contribution in [0.15, 0.2) is 41.8 Å². The van der Waals surface area contributed by atoms with Gasteiger partial charge in [0, 0.05) is 32.1 Å². The summed E-state index contributed by atoms with van der Waals surface area (Å²) in [5, 5.41) is 5.01. The van der Waals surface area contributed by atoms with Crippen LogP contribution in [0.5, 0.6) is 0 Å². The van der Waals surface area contributed by atoms with Crippen molar-refractivity contribution in [2.75, 3.05) is 26.2 Å². The molecule has 6 heteroatoms. The Labute approximate surface area is 176 Å². The van der Waals surface area contributed by atoms with Gasteiger partial charge in [0.15, 0.2) is 0 Å². The molecule has 0 saturated carbocycles. The number of rotatable bonds is 6. The molecule has 2 aromatic rings. The Hall–Kier alpha value is -2.18. The van der Waals surface area contributed by atoms with E-state index in [1.807, 2.05) is 22.4 Å². The quantitative estimate of drug-likeness (QED) is 0.791. The molecular formula is C23H29N3O2S. The summed E-state index contributed by atoms with van der Waals surface area (Å²) >= 11 is 1.47. The molecule has 1 aromatic carbocycles. The Morgan fingerprint density at radius 1 is 0.966 bits per heavy atom. The fourth-order valence-electron chi connectivity index (χ4n) is 4.20. The largest absolute Gasteiger partial charge is 0.352 e. The summed E-state index contributed by atoms with van der Waals surface area (Å²) in [4.78, 5) is 30.1. The lowest BCUT2D eigenvalue weighted by atomic mass is 9.95. The molecule has 2 saturated heterocycles. The molecule has 0 bridgehead atoms. The summed E-state index contributed by atoms with van der Waals surface area (Å²) in [6.07, 6.45) is 4.09. The molecule has 2 aliphatic rings. The highest BCUT2D eigenvalue weighted by atomic mass is 32.1. The summed E-state index contributed by atoms with van der Waals surface area (Å²) in [7, 11) is 0. The second-order valence-electron chi connectivity index (χ2n) is 8.06. The third-order valence-corrected chi connectivity index (χ3v) is 6.84. The number of hydrogen-bond acceptors (Lipinski definition) is 4. The van der Waals surface area contributed by atoms with E-state index in [0.29, 0.717) is 19.6 Å². The second-order valence-corrected chi connectivity index (χ2v) is 9.01. The molecule has 154 valence electrons. The first-order valence-electron chi connectivity index (χ1n) is 10.6. The van der Waals surface area contributed by atoms with E-state index in [1.165, 1.54) is 42.8 Å². The van der Waals surface area contributed by atoms with Gasteiger partial charge in [-0.05, 0) is 61.3 Å². The van der Waals surface area contributed by atoms with Gasteiger partial charge in [0.25, 0.3) is 5.91 Å². The van der Waals surface area contributed by atoms with Crippen molar-refractivity contribution in [3.05, 3.63) is 57.8 Å². The summed E-state index contributed by atoms with van der Waals surface area (Å²) in [6, 6.07) is 12.4. The molecule has 0 atom stereocenters. The van der Waals surface area contributed by atoms with Crippen LogP contribution >= 0.6 is 11.3 Å². The van der Waals surface area contributed by atoms with E-state index in [9.17, 15) is 9.59 Å². The number of thiophene rings is 1. The molecule has 2 fully saturated rings. The summed E-state index contributed by atoms with van der Waals surface area (Å²) in [6.45, 7) is 5.30. The van der Waals surface area contributed by atoms with Crippen LogP contribution < -0.4 is 5.32 Å². The Bertz CT molecular complexity index is 805. The van der Waals surface area contributed by atoms with Gasteiger partial charge in [0.1, 0.15) is 0 Å². The lowest BCUT2D eigenvalue weighted by Gasteiger charge is -2.31. The Morgan fingerprint density at radius 3 is 2.31 bits per heavy atom. The first kappa shape index (κ1) is 20.1. The number of carbonyl (C=O) groups excluding carboxylic acids is 2. The fourth-order valence-corrected chi connectivity index (χ4v) is 4.89. The van der Waals surface area contributed by atoms with Crippen molar-refractivity contribution in [2.45, 2.75) is 38.8 Å². The van der Waals surface area contributed by atoms with Crippen LogP contribution in [0.2, 0.25) is 0 Å². The summed E-state index contributed by atoms with van der Waals surface area (Å²) < 4.78 is 0. The number of piperidine rings is 1. The smallest absolute Gasteiger partial charge is 0.263 e. The van der Waals surface area contributed by atoms with Crippen LogP contribution in [-0.4, -0.2) is 47.8 Å². The number of nitrogens with zero attached hydrogens (tertiary/aromatic N) is 2. The first-order valence-corrected chi connectivity index (χ1v) is 11.5. The molecule has 0 radical (unpaired) electrons. The van der Waals surface area contributed by atoms with Crippen molar-refractivity contribution < 1.29 is 9.59 Å². The highest BCUT2D eigenvalue weighted by Gasteiger charge is 2.28. The molecule has 2 amide bonds.